The number of ether oxygens (including phenoxy) is 1. The van der Waals surface area contributed by atoms with Crippen LogP contribution >= 0.6 is 15.9 Å². The molecule has 0 saturated heterocycles. The number of nitrogens with one attached hydrogen (secondary N) is 1. The summed E-state index contributed by atoms with van der Waals surface area (Å²) in [6.45, 7) is 12.4. The molecular formula is C26H36BrN5O3. The summed E-state index contributed by atoms with van der Waals surface area (Å²) in [7, 11) is 0. The van der Waals surface area contributed by atoms with Crippen LogP contribution in [0.1, 0.15) is 67.2 Å². The number of nitrogens with zero attached hydrogens (tertiary/aromatic N) is 4. The summed E-state index contributed by atoms with van der Waals surface area (Å²) >= 11 is 3.65. The van der Waals surface area contributed by atoms with Crippen molar-refractivity contribution < 1.29 is 14.3 Å². The Labute approximate surface area is 216 Å². The van der Waals surface area contributed by atoms with Gasteiger partial charge in [-0.1, -0.05) is 27.7 Å². The first-order valence-electron chi connectivity index (χ1n) is 12.4. The Kier molecular flexibility index (Phi) is 8.64. The van der Waals surface area contributed by atoms with Gasteiger partial charge in [-0.2, -0.15) is 0 Å². The predicted octanol–water partition coefficient (Wildman–Crippen LogP) is 5.16. The third kappa shape index (κ3) is 4.98. The van der Waals surface area contributed by atoms with Gasteiger partial charge in [-0.15, -0.1) is 0 Å². The fraction of sp³-hybridized carbons (Fsp3) is 0.577. The van der Waals surface area contributed by atoms with Crippen molar-refractivity contribution in [2.75, 3.05) is 18.4 Å². The fourth-order valence-corrected chi connectivity index (χ4v) is 5.61. The number of guanidine groups is 1. The summed E-state index contributed by atoms with van der Waals surface area (Å²) in [4.78, 5) is 42.0. The van der Waals surface area contributed by atoms with E-state index in [1.807, 2.05) is 39.8 Å². The minimum atomic E-state index is -0.945. The highest BCUT2D eigenvalue weighted by atomic mass is 79.9. The molecule has 2 aromatic rings. The quantitative estimate of drug-likeness (QED) is 0.416. The highest BCUT2D eigenvalue weighted by Gasteiger charge is 2.48. The number of rotatable bonds is 11. The molecule has 1 N–H and O–H groups in total. The van der Waals surface area contributed by atoms with Crippen molar-refractivity contribution in [2.45, 2.75) is 84.5 Å². The minimum absolute atomic E-state index is 0.0325. The van der Waals surface area contributed by atoms with Crippen LogP contribution in [0.25, 0.3) is 11.0 Å². The molecule has 0 radical (unpaired) electrons. The van der Waals surface area contributed by atoms with E-state index in [1.165, 1.54) is 6.92 Å². The lowest BCUT2D eigenvalue weighted by Crippen LogP contribution is -2.60. The zero-order valence-electron chi connectivity index (χ0n) is 21.5. The summed E-state index contributed by atoms with van der Waals surface area (Å²) in [5, 5.41) is 3.42. The lowest BCUT2D eigenvalue weighted by atomic mass is 9.83. The summed E-state index contributed by atoms with van der Waals surface area (Å²) in [5.41, 5.74) is 0.578. The first kappa shape index (κ1) is 27.2. The highest BCUT2D eigenvalue weighted by molar-refractivity contribution is 9.10. The number of benzene rings is 1. The van der Waals surface area contributed by atoms with Crippen LogP contribution in [0.5, 0.6) is 0 Å². The molecule has 0 bridgehead atoms. The van der Waals surface area contributed by atoms with Gasteiger partial charge in [0.15, 0.2) is 17.5 Å². The second kappa shape index (κ2) is 11.1. The Morgan fingerprint density at radius 1 is 1.11 bits per heavy atom. The molecule has 1 aliphatic heterocycles. The van der Waals surface area contributed by atoms with Crippen molar-refractivity contribution in [3.05, 3.63) is 29.0 Å². The van der Waals surface area contributed by atoms with E-state index >= 15 is 0 Å². The third-order valence-electron chi connectivity index (χ3n) is 7.37. The number of aromatic nitrogens is 2. The normalized spacial score (nSPS) is 15.3. The molecule has 0 amide bonds. The fourth-order valence-electron chi connectivity index (χ4n) is 5.07. The van der Waals surface area contributed by atoms with Crippen LogP contribution in [0.4, 0.5) is 5.69 Å². The molecular weight excluding hydrogens is 510 g/mol. The molecule has 0 unspecified atom stereocenters. The Hall–Kier alpha value is -2.39. The third-order valence-corrected chi connectivity index (χ3v) is 8.17. The first-order valence-corrected chi connectivity index (χ1v) is 13.2. The molecule has 9 heteroatoms. The molecule has 2 heterocycles. The molecule has 3 rings (SSSR count). The summed E-state index contributed by atoms with van der Waals surface area (Å²) in [5.74, 6) is 0.562. The number of ketones is 2. The van der Waals surface area contributed by atoms with E-state index in [0.717, 1.165) is 21.2 Å². The second-order valence-corrected chi connectivity index (χ2v) is 9.75. The van der Waals surface area contributed by atoms with Crippen molar-refractivity contribution in [1.29, 1.82) is 0 Å². The van der Waals surface area contributed by atoms with E-state index in [9.17, 15) is 9.59 Å². The molecule has 35 heavy (non-hydrogen) atoms. The number of halogens is 1. The van der Waals surface area contributed by atoms with E-state index in [4.69, 9.17) is 9.73 Å². The number of fused-ring (bicyclic) bond motifs is 1. The molecule has 190 valence electrons. The van der Waals surface area contributed by atoms with Crippen LogP contribution in [0, 0.1) is 0 Å². The summed E-state index contributed by atoms with van der Waals surface area (Å²) < 4.78 is 7.03. The van der Waals surface area contributed by atoms with Crippen LogP contribution in [-0.2, 0) is 14.3 Å². The van der Waals surface area contributed by atoms with E-state index < -0.39 is 17.2 Å². The summed E-state index contributed by atoms with van der Waals surface area (Å²) in [6, 6.07) is 3.83. The van der Waals surface area contributed by atoms with Crippen molar-refractivity contribution in [3.8, 4) is 0 Å². The van der Waals surface area contributed by atoms with Crippen molar-refractivity contribution >= 4 is 50.2 Å². The van der Waals surface area contributed by atoms with Gasteiger partial charge in [-0.05, 0) is 67.6 Å². The van der Waals surface area contributed by atoms with Crippen LogP contribution in [0.2, 0.25) is 0 Å². The second-order valence-electron chi connectivity index (χ2n) is 8.95. The lowest BCUT2D eigenvalue weighted by molar-refractivity contribution is -0.163. The van der Waals surface area contributed by atoms with Gasteiger partial charge < -0.3 is 15.0 Å². The average molecular weight is 547 g/mol. The molecule has 0 aliphatic carbocycles. The van der Waals surface area contributed by atoms with Gasteiger partial charge in [0.25, 0.3) is 0 Å². The van der Waals surface area contributed by atoms with Crippen molar-refractivity contribution in [3.63, 3.8) is 0 Å². The van der Waals surface area contributed by atoms with Gasteiger partial charge in [-0.25, -0.2) is 0 Å². The Balaban J connectivity index is 1.91. The molecule has 1 aromatic heterocycles. The minimum Gasteiger partial charge on any atom is -0.356 e. The standard InChI is InChI=1S/C26H36BrN5O3/c1-7-25(8-2,23(34)17(5)35-26(9-3,10-4)18(6)33)32-16-15-30-24(32)31-19-11-12-20-22(21(19)27)29-14-13-28-20/h11-14,17H,7-10,15-16H2,1-6H3,(H,30,31)/t17-/m0/s1. The van der Waals surface area contributed by atoms with Crippen LogP contribution in [-0.4, -0.2) is 62.7 Å². The van der Waals surface area contributed by atoms with E-state index in [1.54, 1.807) is 19.3 Å². The topological polar surface area (TPSA) is 96.8 Å². The molecule has 8 nitrogen and oxygen atoms in total. The summed E-state index contributed by atoms with van der Waals surface area (Å²) in [6.07, 6.45) is 4.82. The number of hydrogen-bond acceptors (Lipinski definition) is 8. The zero-order chi connectivity index (χ0) is 25.8. The smallest absolute Gasteiger partial charge is 0.199 e. The molecule has 0 spiro atoms. The predicted molar refractivity (Wildman–Crippen MR) is 143 cm³/mol. The number of anilines is 1. The number of carbonyl (C=O) groups excluding carboxylic acids is 2. The molecule has 1 atom stereocenters. The SMILES string of the molecule is CCC(CC)(O[C@@H](C)C(=O)C(CC)(CC)N1CCN=C1Nc1ccc2nccnc2c1Br)C(C)=O. The maximum Gasteiger partial charge on any atom is 0.199 e. The van der Waals surface area contributed by atoms with E-state index in [0.29, 0.717) is 44.7 Å². The molecule has 0 fully saturated rings. The molecule has 0 saturated carbocycles. The number of carbonyl (C=O) groups is 2. The first-order chi connectivity index (χ1) is 16.7. The van der Waals surface area contributed by atoms with Gasteiger partial charge in [0.1, 0.15) is 22.8 Å². The molecule has 1 aliphatic rings. The largest absolute Gasteiger partial charge is 0.356 e. The van der Waals surface area contributed by atoms with Crippen molar-refractivity contribution in [1.82, 2.24) is 14.9 Å². The van der Waals surface area contributed by atoms with Gasteiger partial charge in [-0.3, -0.25) is 24.5 Å². The van der Waals surface area contributed by atoms with Gasteiger partial charge in [0.05, 0.1) is 22.2 Å². The van der Waals surface area contributed by atoms with Gasteiger partial charge in [0.2, 0.25) is 0 Å². The van der Waals surface area contributed by atoms with E-state index in [-0.39, 0.29) is 11.6 Å². The van der Waals surface area contributed by atoms with Gasteiger partial charge >= 0.3 is 0 Å². The van der Waals surface area contributed by atoms with E-state index in [2.05, 4.69) is 36.1 Å². The zero-order valence-corrected chi connectivity index (χ0v) is 23.1. The van der Waals surface area contributed by atoms with Crippen LogP contribution in [0.15, 0.2) is 34.0 Å². The Morgan fingerprint density at radius 3 is 2.37 bits per heavy atom. The van der Waals surface area contributed by atoms with Gasteiger partial charge in [0, 0.05) is 18.9 Å². The maximum atomic E-state index is 14.0. The lowest BCUT2D eigenvalue weighted by Gasteiger charge is -2.43. The van der Waals surface area contributed by atoms with Crippen LogP contribution < -0.4 is 5.32 Å². The average Bonchev–Trinajstić information content (AvgIpc) is 3.33. The highest BCUT2D eigenvalue weighted by Crippen LogP contribution is 2.34. The number of hydrogen-bond donors (Lipinski definition) is 1. The Bertz CT molecular complexity index is 1110. The maximum absolute atomic E-state index is 14.0. The van der Waals surface area contributed by atoms with Crippen LogP contribution in [0.3, 0.4) is 0 Å². The Morgan fingerprint density at radius 2 is 1.77 bits per heavy atom. The number of Topliss-reactive ketones (excluding diaryl/α,β-unsaturated/α-hetero) is 2. The molecule has 1 aromatic carbocycles. The van der Waals surface area contributed by atoms with Crippen molar-refractivity contribution in [2.24, 2.45) is 4.99 Å². The monoisotopic (exact) mass is 545 g/mol. The number of aliphatic imine (C=N–C) groups is 1.